The molecule has 0 atom stereocenters. The Bertz CT molecular complexity index is 586. The van der Waals surface area contributed by atoms with Crippen molar-refractivity contribution >= 4 is 26.2 Å². The summed E-state index contributed by atoms with van der Waals surface area (Å²) < 4.78 is 6.72. The highest BCUT2D eigenvalue weighted by atomic mass is 127. The highest BCUT2D eigenvalue weighted by molar-refractivity contribution is 14.1. The van der Waals surface area contributed by atoms with E-state index < -0.39 is 0 Å². The van der Waals surface area contributed by atoms with E-state index in [1.54, 1.807) is 6.92 Å². The van der Waals surface area contributed by atoms with Crippen LogP contribution in [0.2, 0.25) is 0 Å². The van der Waals surface area contributed by atoms with E-state index in [1.165, 1.54) is 14.7 Å². The molecule has 1 aliphatic rings. The highest BCUT2D eigenvalue weighted by Crippen LogP contribution is 2.34. The van der Waals surface area contributed by atoms with Gasteiger partial charge in [0, 0.05) is 16.1 Å². The summed E-state index contributed by atoms with van der Waals surface area (Å²) in [6.45, 7) is 1.80. The fourth-order valence-corrected chi connectivity index (χ4v) is 2.55. The van der Waals surface area contributed by atoms with Crippen LogP contribution in [0.5, 0.6) is 0 Å². The number of halogens is 1. The Hall–Kier alpha value is -1.17. The van der Waals surface area contributed by atoms with Crippen molar-refractivity contribution < 1.29 is 4.42 Å². The van der Waals surface area contributed by atoms with Gasteiger partial charge >= 0.3 is 0 Å². The van der Waals surface area contributed by atoms with Gasteiger partial charge in [0.15, 0.2) is 0 Å². The lowest BCUT2D eigenvalue weighted by Gasteiger charge is -2.02. The molecule has 0 fully saturated rings. The van der Waals surface area contributed by atoms with Crippen LogP contribution in [0.1, 0.15) is 17.0 Å². The molecule has 2 aromatic rings. The number of aromatic nitrogens is 2. The first-order valence-electron chi connectivity index (χ1n) is 5.03. The first kappa shape index (κ1) is 10.0. The number of allylic oxidation sites excluding steroid dienone is 1. The maximum Gasteiger partial charge on any atom is 0.247 e. The van der Waals surface area contributed by atoms with E-state index in [4.69, 9.17) is 4.42 Å². The minimum atomic E-state index is 0.594. The Morgan fingerprint density at radius 3 is 2.94 bits per heavy atom. The molecule has 0 spiro atoms. The first-order valence-corrected chi connectivity index (χ1v) is 6.11. The summed E-state index contributed by atoms with van der Waals surface area (Å²) >= 11 is 2.36. The molecular formula is C12H9IN2O. The lowest BCUT2D eigenvalue weighted by Crippen LogP contribution is -1.85. The summed E-state index contributed by atoms with van der Waals surface area (Å²) in [5.74, 6) is 1.19. The van der Waals surface area contributed by atoms with Crippen molar-refractivity contribution in [3.8, 4) is 11.5 Å². The molecule has 1 heterocycles. The van der Waals surface area contributed by atoms with Crippen LogP contribution in [-0.4, -0.2) is 10.2 Å². The van der Waals surface area contributed by atoms with E-state index in [1.807, 2.05) is 6.07 Å². The number of benzene rings is 1. The SMILES string of the molecule is Cc1nnc(-c2ccc3c(c2)C(I)=CC3)o1. The minimum Gasteiger partial charge on any atom is -0.421 e. The van der Waals surface area contributed by atoms with E-state index in [0.29, 0.717) is 11.8 Å². The minimum absolute atomic E-state index is 0.594. The van der Waals surface area contributed by atoms with Crippen LogP contribution >= 0.6 is 22.6 Å². The summed E-state index contributed by atoms with van der Waals surface area (Å²) in [4.78, 5) is 0. The Labute approximate surface area is 107 Å². The van der Waals surface area contributed by atoms with Gasteiger partial charge in [-0.3, -0.25) is 0 Å². The quantitative estimate of drug-likeness (QED) is 0.755. The summed E-state index contributed by atoms with van der Waals surface area (Å²) in [7, 11) is 0. The van der Waals surface area contributed by atoms with Crippen LogP contribution in [0.15, 0.2) is 28.7 Å². The molecule has 0 saturated carbocycles. The molecule has 0 saturated heterocycles. The van der Waals surface area contributed by atoms with Crippen LogP contribution in [0.3, 0.4) is 0 Å². The summed E-state index contributed by atoms with van der Waals surface area (Å²) in [5, 5.41) is 7.87. The normalized spacial score (nSPS) is 13.8. The highest BCUT2D eigenvalue weighted by Gasteiger charge is 2.14. The molecule has 16 heavy (non-hydrogen) atoms. The van der Waals surface area contributed by atoms with E-state index in [9.17, 15) is 0 Å². The number of hydrogen-bond donors (Lipinski definition) is 0. The molecule has 0 unspecified atom stereocenters. The van der Waals surface area contributed by atoms with E-state index in [0.717, 1.165) is 12.0 Å². The monoisotopic (exact) mass is 324 g/mol. The van der Waals surface area contributed by atoms with Gasteiger partial charge in [0.25, 0.3) is 0 Å². The average Bonchev–Trinajstić information content (AvgIpc) is 2.86. The predicted octanol–water partition coefficient (Wildman–Crippen LogP) is 3.38. The molecular weight excluding hydrogens is 315 g/mol. The van der Waals surface area contributed by atoms with Gasteiger partial charge in [0.1, 0.15) is 0 Å². The Kier molecular flexibility index (Phi) is 2.31. The van der Waals surface area contributed by atoms with Gasteiger partial charge in [0.2, 0.25) is 11.8 Å². The maximum absolute atomic E-state index is 5.42. The zero-order valence-electron chi connectivity index (χ0n) is 8.70. The van der Waals surface area contributed by atoms with Crippen LogP contribution in [0.25, 0.3) is 15.0 Å². The van der Waals surface area contributed by atoms with Crippen LogP contribution in [0.4, 0.5) is 0 Å². The largest absolute Gasteiger partial charge is 0.421 e. The second-order valence-electron chi connectivity index (χ2n) is 3.75. The van der Waals surface area contributed by atoms with Gasteiger partial charge in [-0.15, -0.1) is 10.2 Å². The van der Waals surface area contributed by atoms with Gasteiger partial charge in [-0.1, -0.05) is 12.1 Å². The van der Waals surface area contributed by atoms with Gasteiger partial charge in [-0.2, -0.15) is 0 Å². The molecule has 0 bridgehead atoms. The molecule has 1 aromatic carbocycles. The average molecular weight is 324 g/mol. The fourth-order valence-electron chi connectivity index (χ4n) is 1.83. The topological polar surface area (TPSA) is 38.9 Å². The molecule has 0 aliphatic heterocycles. The Morgan fingerprint density at radius 2 is 2.19 bits per heavy atom. The smallest absolute Gasteiger partial charge is 0.247 e. The predicted molar refractivity (Wildman–Crippen MR) is 70.2 cm³/mol. The van der Waals surface area contributed by atoms with Crippen molar-refractivity contribution in [2.75, 3.05) is 0 Å². The van der Waals surface area contributed by atoms with Gasteiger partial charge in [-0.25, -0.2) is 0 Å². The van der Waals surface area contributed by atoms with Crippen LogP contribution in [0, 0.1) is 6.92 Å². The fraction of sp³-hybridized carbons (Fsp3) is 0.167. The van der Waals surface area contributed by atoms with Gasteiger partial charge in [0.05, 0.1) is 0 Å². The zero-order chi connectivity index (χ0) is 11.1. The van der Waals surface area contributed by atoms with Crippen molar-refractivity contribution in [3.05, 3.63) is 41.3 Å². The van der Waals surface area contributed by atoms with Crippen molar-refractivity contribution in [2.24, 2.45) is 0 Å². The summed E-state index contributed by atoms with van der Waals surface area (Å²) in [6.07, 6.45) is 3.25. The molecule has 0 amide bonds. The molecule has 3 rings (SSSR count). The molecule has 0 N–H and O–H groups in total. The number of rotatable bonds is 1. The second-order valence-corrected chi connectivity index (χ2v) is 4.92. The number of nitrogens with zero attached hydrogens (tertiary/aromatic N) is 2. The van der Waals surface area contributed by atoms with Gasteiger partial charge in [-0.05, 0) is 52.3 Å². The Balaban J connectivity index is 2.10. The third-order valence-corrected chi connectivity index (χ3v) is 3.66. The number of fused-ring (bicyclic) bond motifs is 1. The maximum atomic E-state index is 5.42. The summed E-state index contributed by atoms with van der Waals surface area (Å²) in [5.41, 5.74) is 3.64. The van der Waals surface area contributed by atoms with Crippen molar-refractivity contribution in [2.45, 2.75) is 13.3 Å². The molecule has 4 heteroatoms. The number of aryl methyl sites for hydroxylation is 1. The second kappa shape index (κ2) is 3.69. The lowest BCUT2D eigenvalue weighted by atomic mass is 10.1. The molecule has 1 aromatic heterocycles. The third-order valence-electron chi connectivity index (χ3n) is 2.64. The first-order chi connectivity index (χ1) is 7.74. The van der Waals surface area contributed by atoms with Crippen molar-refractivity contribution in [1.82, 2.24) is 10.2 Å². The van der Waals surface area contributed by atoms with Crippen LogP contribution < -0.4 is 0 Å². The Morgan fingerprint density at radius 1 is 1.31 bits per heavy atom. The molecule has 1 aliphatic carbocycles. The molecule has 3 nitrogen and oxygen atoms in total. The van der Waals surface area contributed by atoms with Crippen LogP contribution in [-0.2, 0) is 6.42 Å². The van der Waals surface area contributed by atoms with Crippen molar-refractivity contribution in [1.29, 1.82) is 0 Å². The van der Waals surface area contributed by atoms with E-state index in [-0.39, 0.29) is 0 Å². The van der Waals surface area contributed by atoms with E-state index >= 15 is 0 Å². The summed E-state index contributed by atoms with van der Waals surface area (Å²) in [6, 6.07) is 6.29. The van der Waals surface area contributed by atoms with Crippen molar-refractivity contribution in [3.63, 3.8) is 0 Å². The molecule has 0 radical (unpaired) electrons. The van der Waals surface area contributed by atoms with E-state index in [2.05, 4.69) is 51.0 Å². The van der Waals surface area contributed by atoms with Gasteiger partial charge < -0.3 is 4.42 Å². The third kappa shape index (κ3) is 1.57. The standard InChI is InChI=1S/C12H9IN2O/c1-7-14-15-12(16-7)9-3-2-8-4-5-11(13)10(8)6-9/h2-3,5-6H,4H2,1H3. The molecule has 80 valence electrons. The number of hydrogen-bond acceptors (Lipinski definition) is 3. The lowest BCUT2D eigenvalue weighted by molar-refractivity contribution is 0.533. The zero-order valence-corrected chi connectivity index (χ0v) is 10.9.